The van der Waals surface area contributed by atoms with Crippen LogP contribution in [-0.4, -0.2) is 12.0 Å². The minimum atomic E-state index is -0.849. The van der Waals surface area contributed by atoms with Gasteiger partial charge in [0, 0.05) is 5.69 Å². The highest BCUT2D eigenvalue weighted by Crippen LogP contribution is 2.17. The van der Waals surface area contributed by atoms with E-state index in [1.807, 2.05) is 6.07 Å². The van der Waals surface area contributed by atoms with Crippen LogP contribution in [-0.2, 0) is 4.79 Å². The molecule has 4 nitrogen and oxygen atoms in total. The van der Waals surface area contributed by atoms with E-state index < -0.39 is 17.8 Å². The summed E-state index contributed by atoms with van der Waals surface area (Å²) in [7, 11) is 0. The lowest BCUT2D eigenvalue weighted by molar-refractivity contribution is -0.122. The van der Waals surface area contributed by atoms with Crippen LogP contribution in [0.1, 0.15) is 12.5 Å². The second-order valence-electron chi connectivity index (χ2n) is 4.37. The molecule has 21 heavy (non-hydrogen) atoms. The predicted octanol–water partition coefficient (Wildman–Crippen LogP) is 3.10. The van der Waals surface area contributed by atoms with Crippen LogP contribution in [0.4, 0.5) is 10.1 Å². The quantitative estimate of drug-likeness (QED) is 0.938. The maximum absolute atomic E-state index is 13.4. The van der Waals surface area contributed by atoms with E-state index in [-0.39, 0.29) is 5.75 Å². The molecule has 0 bridgehead atoms. The molecule has 0 aliphatic rings. The molecule has 1 atom stereocenters. The highest BCUT2D eigenvalue weighted by atomic mass is 19.1. The number of hydrogen-bond acceptors (Lipinski definition) is 3. The van der Waals surface area contributed by atoms with Gasteiger partial charge in [-0.05, 0) is 43.3 Å². The lowest BCUT2D eigenvalue weighted by atomic mass is 10.2. The molecular formula is C16H13FN2O2. The van der Waals surface area contributed by atoms with E-state index in [0.717, 1.165) is 0 Å². The van der Waals surface area contributed by atoms with Crippen LogP contribution >= 0.6 is 0 Å². The summed E-state index contributed by atoms with van der Waals surface area (Å²) in [6.45, 7) is 1.53. The maximum Gasteiger partial charge on any atom is 0.265 e. The number of halogens is 1. The van der Waals surface area contributed by atoms with Crippen molar-refractivity contribution in [2.45, 2.75) is 13.0 Å². The monoisotopic (exact) mass is 284 g/mol. The van der Waals surface area contributed by atoms with E-state index in [1.54, 1.807) is 36.4 Å². The molecule has 0 heterocycles. The van der Waals surface area contributed by atoms with Crippen molar-refractivity contribution in [3.63, 3.8) is 0 Å². The number of nitrogens with zero attached hydrogens (tertiary/aromatic N) is 1. The van der Waals surface area contributed by atoms with Crippen molar-refractivity contribution < 1.29 is 13.9 Å². The summed E-state index contributed by atoms with van der Waals surface area (Å²) in [5.74, 6) is -0.890. The first-order chi connectivity index (χ1) is 10.1. The molecule has 0 radical (unpaired) electrons. The third kappa shape index (κ3) is 3.80. The number of benzene rings is 2. The Morgan fingerprint density at radius 3 is 2.52 bits per heavy atom. The van der Waals surface area contributed by atoms with Crippen molar-refractivity contribution in [1.29, 1.82) is 5.26 Å². The van der Waals surface area contributed by atoms with Gasteiger partial charge in [0.05, 0.1) is 11.6 Å². The zero-order valence-corrected chi connectivity index (χ0v) is 11.3. The Hall–Kier alpha value is -2.87. The molecule has 2 aromatic rings. The molecule has 106 valence electrons. The summed E-state index contributed by atoms with van der Waals surface area (Å²) in [4.78, 5) is 12.0. The van der Waals surface area contributed by atoms with Gasteiger partial charge in [0.1, 0.15) is 0 Å². The van der Waals surface area contributed by atoms with E-state index in [1.165, 1.54) is 19.1 Å². The molecule has 0 unspecified atom stereocenters. The fraction of sp³-hybridized carbons (Fsp3) is 0.125. The predicted molar refractivity (Wildman–Crippen MR) is 76.3 cm³/mol. The van der Waals surface area contributed by atoms with Gasteiger partial charge in [0.2, 0.25) is 0 Å². The van der Waals surface area contributed by atoms with Gasteiger partial charge in [0.15, 0.2) is 17.7 Å². The molecule has 0 aliphatic heterocycles. The molecule has 2 aromatic carbocycles. The smallest absolute Gasteiger partial charge is 0.265 e. The Morgan fingerprint density at radius 1 is 1.24 bits per heavy atom. The Labute approximate surface area is 121 Å². The number of carbonyl (C=O) groups excluding carboxylic acids is 1. The molecule has 5 heteroatoms. The number of nitriles is 1. The average Bonchev–Trinajstić information content (AvgIpc) is 2.50. The molecule has 0 saturated carbocycles. The molecule has 0 aliphatic carbocycles. The Balaban J connectivity index is 1.99. The van der Waals surface area contributed by atoms with Crippen LogP contribution < -0.4 is 10.1 Å². The third-order valence-corrected chi connectivity index (χ3v) is 2.79. The van der Waals surface area contributed by atoms with Crippen LogP contribution in [0, 0.1) is 17.1 Å². The molecular weight excluding hydrogens is 271 g/mol. The van der Waals surface area contributed by atoms with Gasteiger partial charge >= 0.3 is 0 Å². The largest absolute Gasteiger partial charge is 0.478 e. The first-order valence-electron chi connectivity index (χ1n) is 6.32. The highest BCUT2D eigenvalue weighted by Gasteiger charge is 2.16. The summed E-state index contributed by atoms with van der Waals surface area (Å²) in [6, 6.07) is 14.3. The molecule has 2 rings (SSSR count). The standard InChI is InChI=1S/C16H13FN2O2/c1-11(21-15-5-3-2-4-14(15)17)16(20)19-13-8-6-12(10-18)7-9-13/h2-9,11H,1H3,(H,19,20)/t11-/m0/s1. The Kier molecular flexibility index (Phi) is 4.52. The van der Waals surface area contributed by atoms with Crippen molar-refractivity contribution in [3.05, 3.63) is 59.9 Å². The fourth-order valence-corrected chi connectivity index (χ4v) is 1.66. The molecule has 1 amide bonds. The Bertz CT molecular complexity index is 677. The zero-order chi connectivity index (χ0) is 15.2. The minimum absolute atomic E-state index is 0.0278. The summed E-state index contributed by atoms with van der Waals surface area (Å²) < 4.78 is 18.7. The van der Waals surface area contributed by atoms with Crippen LogP contribution in [0.2, 0.25) is 0 Å². The van der Waals surface area contributed by atoms with Gasteiger partial charge in [0.25, 0.3) is 5.91 Å². The number of amides is 1. The summed E-state index contributed by atoms with van der Waals surface area (Å²) >= 11 is 0. The van der Waals surface area contributed by atoms with Gasteiger partial charge in [-0.2, -0.15) is 5.26 Å². The lowest BCUT2D eigenvalue weighted by Gasteiger charge is -2.15. The number of para-hydroxylation sites is 1. The van der Waals surface area contributed by atoms with E-state index >= 15 is 0 Å². The molecule has 0 saturated heterocycles. The summed E-state index contributed by atoms with van der Waals surface area (Å²) in [6.07, 6.45) is -0.849. The molecule has 0 aromatic heterocycles. The van der Waals surface area contributed by atoms with Crippen LogP contribution in [0.15, 0.2) is 48.5 Å². The topological polar surface area (TPSA) is 62.1 Å². The maximum atomic E-state index is 13.4. The van der Waals surface area contributed by atoms with Crippen molar-refractivity contribution in [2.75, 3.05) is 5.32 Å². The third-order valence-electron chi connectivity index (χ3n) is 2.79. The van der Waals surface area contributed by atoms with Crippen molar-refractivity contribution in [1.82, 2.24) is 0 Å². The number of ether oxygens (including phenoxy) is 1. The lowest BCUT2D eigenvalue weighted by Crippen LogP contribution is -2.30. The number of carbonyl (C=O) groups is 1. The zero-order valence-electron chi connectivity index (χ0n) is 11.3. The summed E-state index contributed by atoms with van der Waals surface area (Å²) in [5.41, 5.74) is 1.05. The number of rotatable bonds is 4. The van der Waals surface area contributed by atoms with Crippen molar-refractivity contribution in [2.24, 2.45) is 0 Å². The number of nitrogens with one attached hydrogen (secondary N) is 1. The van der Waals surface area contributed by atoms with Crippen LogP contribution in [0.25, 0.3) is 0 Å². The van der Waals surface area contributed by atoms with E-state index in [2.05, 4.69) is 5.32 Å². The first-order valence-corrected chi connectivity index (χ1v) is 6.32. The SMILES string of the molecule is C[C@H](Oc1ccccc1F)C(=O)Nc1ccc(C#N)cc1. The van der Waals surface area contributed by atoms with E-state index in [0.29, 0.717) is 11.3 Å². The second kappa shape index (κ2) is 6.53. The van der Waals surface area contributed by atoms with Crippen LogP contribution in [0.3, 0.4) is 0 Å². The van der Waals surface area contributed by atoms with Gasteiger partial charge in [-0.1, -0.05) is 12.1 Å². The van der Waals surface area contributed by atoms with Crippen molar-refractivity contribution in [3.8, 4) is 11.8 Å². The van der Waals surface area contributed by atoms with Gasteiger partial charge < -0.3 is 10.1 Å². The normalized spacial score (nSPS) is 11.3. The second-order valence-corrected chi connectivity index (χ2v) is 4.37. The minimum Gasteiger partial charge on any atom is -0.478 e. The van der Waals surface area contributed by atoms with E-state index in [4.69, 9.17) is 10.00 Å². The van der Waals surface area contributed by atoms with Crippen molar-refractivity contribution >= 4 is 11.6 Å². The fourth-order valence-electron chi connectivity index (χ4n) is 1.66. The van der Waals surface area contributed by atoms with Gasteiger partial charge in [-0.25, -0.2) is 4.39 Å². The Morgan fingerprint density at radius 2 is 1.90 bits per heavy atom. The van der Waals surface area contributed by atoms with Gasteiger partial charge in [-0.15, -0.1) is 0 Å². The molecule has 1 N–H and O–H groups in total. The van der Waals surface area contributed by atoms with E-state index in [9.17, 15) is 9.18 Å². The summed E-state index contributed by atoms with van der Waals surface area (Å²) in [5, 5.41) is 11.3. The number of hydrogen-bond donors (Lipinski definition) is 1. The molecule has 0 spiro atoms. The molecule has 0 fully saturated rings. The van der Waals surface area contributed by atoms with Gasteiger partial charge in [-0.3, -0.25) is 4.79 Å². The van der Waals surface area contributed by atoms with Crippen LogP contribution in [0.5, 0.6) is 5.75 Å². The average molecular weight is 284 g/mol. The number of anilines is 1. The highest BCUT2D eigenvalue weighted by molar-refractivity contribution is 5.94. The first kappa shape index (κ1) is 14.5.